The first-order valence-electron chi connectivity index (χ1n) is 6.76. The Morgan fingerprint density at radius 3 is 2.90 bits per heavy atom. The summed E-state index contributed by atoms with van der Waals surface area (Å²) in [6.07, 6.45) is 2.79. The highest BCUT2D eigenvalue weighted by molar-refractivity contribution is 7.99. The zero-order valence-electron chi connectivity index (χ0n) is 11.3. The van der Waals surface area contributed by atoms with Crippen molar-refractivity contribution in [2.75, 3.05) is 23.4 Å². The molecule has 20 heavy (non-hydrogen) atoms. The minimum Gasteiger partial charge on any atom is -0.477 e. The van der Waals surface area contributed by atoms with Crippen LogP contribution in [0.5, 0.6) is 5.75 Å². The number of nitrogens with zero attached hydrogens (tertiary/aromatic N) is 1. The van der Waals surface area contributed by atoms with Crippen molar-refractivity contribution in [1.29, 1.82) is 5.26 Å². The third-order valence-electron chi connectivity index (χ3n) is 3.27. The first kappa shape index (κ1) is 14.7. The summed E-state index contributed by atoms with van der Waals surface area (Å²) in [7, 11) is 0. The van der Waals surface area contributed by atoms with Crippen molar-refractivity contribution >= 4 is 23.4 Å². The molecule has 2 rings (SSSR count). The normalized spacial score (nSPS) is 15.3. The van der Waals surface area contributed by atoms with Crippen LogP contribution in [-0.2, 0) is 4.79 Å². The lowest BCUT2D eigenvalue weighted by Gasteiger charge is -2.20. The number of para-hydroxylation sites is 2. The van der Waals surface area contributed by atoms with Crippen molar-refractivity contribution in [1.82, 2.24) is 0 Å². The average Bonchev–Trinajstić information content (AvgIpc) is 2.47. The highest BCUT2D eigenvalue weighted by Crippen LogP contribution is 2.27. The fraction of sp³-hybridized carbons (Fsp3) is 0.467. The molecule has 0 spiro atoms. The number of amides is 1. The van der Waals surface area contributed by atoms with Crippen molar-refractivity contribution in [2.45, 2.75) is 19.3 Å². The predicted molar refractivity (Wildman–Crippen MR) is 80.8 cm³/mol. The van der Waals surface area contributed by atoms with E-state index in [1.165, 1.54) is 0 Å². The Kier molecular flexibility index (Phi) is 5.75. The van der Waals surface area contributed by atoms with Crippen LogP contribution < -0.4 is 10.1 Å². The molecule has 0 atom stereocenters. The van der Waals surface area contributed by atoms with Gasteiger partial charge in [0.25, 0.3) is 0 Å². The van der Waals surface area contributed by atoms with Crippen LogP contribution in [-0.4, -0.2) is 24.0 Å². The second-order valence-electron chi connectivity index (χ2n) is 4.75. The van der Waals surface area contributed by atoms with E-state index < -0.39 is 0 Å². The molecule has 0 saturated carbocycles. The number of benzene rings is 1. The fourth-order valence-electron chi connectivity index (χ4n) is 2.22. The minimum atomic E-state index is -0.0211. The monoisotopic (exact) mass is 290 g/mol. The van der Waals surface area contributed by atoms with Gasteiger partial charge in [-0.15, -0.1) is 0 Å². The Labute approximate surface area is 123 Å². The summed E-state index contributed by atoms with van der Waals surface area (Å²) in [5.41, 5.74) is 0.637. The largest absolute Gasteiger partial charge is 0.477 e. The first-order chi connectivity index (χ1) is 9.79. The molecule has 5 heteroatoms. The molecule has 1 aromatic rings. The van der Waals surface area contributed by atoms with Crippen molar-refractivity contribution in [3.8, 4) is 11.8 Å². The Hall–Kier alpha value is -1.67. The first-order valence-corrected chi connectivity index (χ1v) is 7.91. The smallest absolute Gasteiger partial charge is 0.224 e. The van der Waals surface area contributed by atoms with E-state index in [1.807, 2.05) is 30.0 Å². The number of rotatable bonds is 5. The molecule has 1 heterocycles. The summed E-state index contributed by atoms with van der Waals surface area (Å²) in [6, 6.07) is 9.13. The number of anilines is 1. The number of thioether (sulfide) groups is 1. The lowest BCUT2D eigenvalue weighted by atomic mass is 9.98. The number of hydrogen-bond acceptors (Lipinski definition) is 4. The molecule has 0 unspecified atom stereocenters. The molecule has 1 aliphatic heterocycles. The number of nitriles is 1. The molecule has 1 amide bonds. The van der Waals surface area contributed by atoms with Crippen LogP contribution in [0, 0.1) is 17.2 Å². The summed E-state index contributed by atoms with van der Waals surface area (Å²) in [6.45, 7) is -0.0211. The zero-order chi connectivity index (χ0) is 14.2. The molecule has 1 saturated heterocycles. The highest BCUT2D eigenvalue weighted by atomic mass is 32.2. The van der Waals surface area contributed by atoms with Crippen LogP contribution in [0.3, 0.4) is 0 Å². The second kappa shape index (κ2) is 7.81. The lowest BCUT2D eigenvalue weighted by molar-refractivity contribution is -0.117. The van der Waals surface area contributed by atoms with Crippen LogP contribution in [0.2, 0.25) is 0 Å². The molecular weight excluding hydrogens is 272 g/mol. The molecular formula is C15H18N2O2S. The molecule has 1 aliphatic rings. The zero-order valence-corrected chi connectivity index (χ0v) is 12.1. The van der Waals surface area contributed by atoms with Crippen molar-refractivity contribution in [2.24, 2.45) is 5.92 Å². The maximum atomic E-state index is 12.1. The van der Waals surface area contributed by atoms with E-state index in [4.69, 9.17) is 10.00 Å². The van der Waals surface area contributed by atoms with E-state index in [1.54, 1.807) is 12.1 Å². The van der Waals surface area contributed by atoms with Crippen molar-refractivity contribution < 1.29 is 9.53 Å². The maximum Gasteiger partial charge on any atom is 0.224 e. The summed E-state index contributed by atoms with van der Waals surface area (Å²) in [5.74, 6) is 3.36. The SMILES string of the molecule is N#CCOc1ccccc1NC(=O)CC1CCSCC1. The van der Waals surface area contributed by atoms with Crippen molar-refractivity contribution in [3.05, 3.63) is 24.3 Å². The number of carbonyl (C=O) groups is 1. The van der Waals surface area contributed by atoms with Gasteiger partial charge in [0.05, 0.1) is 5.69 Å². The van der Waals surface area contributed by atoms with Gasteiger partial charge in [-0.1, -0.05) is 12.1 Å². The van der Waals surface area contributed by atoms with Gasteiger partial charge in [-0.2, -0.15) is 17.0 Å². The number of carbonyl (C=O) groups excluding carboxylic acids is 1. The number of nitrogens with one attached hydrogen (secondary N) is 1. The van der Waals surface area contributed by atoms with Gasteiger partial charge in [0.2, 0.25) is 5.91 Å². The van der Waals surface area contributed by atoms with E-state index in [-0.39, 0.29) is 12.5 Å². The molecule has 0 bridgehead atoms. The molecule has 0 aliphatic carbocycles. The summed E-state index contributed by atoms with van der Waals surface area (Å²) in [4.78, 5) is 12.1. The molecule has 106 valence electrons. The number of hydrogen-bond donors (Lipinski definition) is 1. The van der Waals surface area contributed by atoms with E-state index in [2.05, 4.69) is 5.32 Å². The van der Waals surface area contributed by atoms with E-state index in [0.29, 0.717) is 23.8 Å². The third-order valence-corrected chi connectivity index (χ3v) is 4.32. The van der Waals surface area contributed by atoms with Gasteiger partial charge in [-0.3, -0.25) is 4.79 Å². The average molecular weight is 290 g/mol. The fourth-order valence-corrected chi connectivity index (χ4v) is 3.42. The second-order valence-corrected chi connectivity index (χ2v) is 5.98. The summed E-state index contributed by atoms with van der Waals surface area (Å²) in [5, 5.41) is 11.4. The number of ether oxygens (including phenoxy) is 1. The van der Waals surface area contributed by atoms with Gasteiger partial charge in [-0.25, -0.2) is 0 Å². The maximum absolute atomic E-state index is 12.1. The van der Waals surface area contributed by atoms with E-state index in [9.17, 15) is 4.79 Å². The Morgan fingerprint density at radius 1 is 1.40 bits per heavy atom. The van der Waals surface area contributed by atoms with Crippen LogP contribution in [0.15, 0.2) is 24.3 Å². The van der Waals surface area contributed by atoms with Gasteiger partial charge in [0.1, 0.15) is 11.8 Å². The van der Waals surface area contributed by atoms with E-state index >= 15 is 0 Å². The van der Waals surface area contributed by atoms with Gasteiger partial charge < -0.3 is 10.1 Å². The Balaban J connectivity index is 1.91. The van der Waals surface area contributed by atoms with Gasteiger partial charge in [0.15, 0.2) is 6.61 Å². The molecule has 1 aromatic carbocycles. The van der Waals surface area contributed by atoms with Crippen LogP contribution in [0.4, 0.5) is 5.69 Å². The molecule has 1 N–H and O–H groups in total. The predicted octanol–water partition coefficient (Wildman–Crippen LogP) is 3.06. The molecule has 4 nitrogen and oxygen atoms in total. The lowest BCUT2D eigenvalue weighted by Crippen LogP contribution is -2.20. The molecule has 0 aromatic heterocycles. The standard InChI is InChI=1S/C15H18N2O2S/c16-7-8-19-14-4-2-1-3-13(14)17-15(18)11-12-5-9-20-10-6-12/h1-4,12H,5-6,8-11H2,(H,17,18). The van der Waals surface area contributed by atoms with Crippen molar-refractivity contribution in [3.63, 3.8) is 0 Å². The van der Waals surface area contributed by atoms with E-state index in [0.717, 1.165) is 24.3 Å². The third kappa shape index (κ3) is 4.46. The quantitative estimate of drug-likeness (QED) is 0.905. The topological polar surface area (TPSA) is 62.1 Å². The highest BCUT2D eigenvalue weighted by Gasteiger charge is 2.18. The Morgan fingerprint density at radius 2 is 2.15 bits per heavy atom. The Bertz CT molecular complexity index is 493. The van der Waals surface area contributed by atoms with Gasteiger partial charge in [-0.05, 0) is 42.4 Å². The van der Waals surface area contributed by atoms with Gasteiger partial charge >= 0.3 is 0 Å². The summed E-state index contributed by atoms with van der Waals surface area (Å²) >= 11 is 1.96. The van der Waals surface area contributed by atoms with Crippen LogP contribution in [0.1, 0.15) is 19.3 Å². The van der Waals surface area contributed by atoms with Crippen LogP contribution in [0.25, 0.3) is 0 Å². The minimum absolute atomic E-state index is 0.0211. The van der Waals surface area contributed by atoms with Gasteiger partial charge in [0, 0.05) is 6.42 Å². The molecule has 1 fully saturated rings. The van der Waals surface area contributed by atoms with Crippen LogP contribution >= 0.6 is 11.8 Å². The molecule has 0 radical (unpaired) electrons. The summed E-state index contributed by atoms with van der Waals surface area (Å²) < 4.78 is 5.30.